The average molecular weight is 347 g/mol. The molecule has 0 unspecified atom stereocenters. The van der Waals surface area contributed by atoms with Crippen molar-refractivity contribution in [1.29, 1.82) is 0 Å². The highest BCUT2D eigenvalue weighted by Gasteiger charge is 2.39. The number of nitrogens with one attached hydrogen (secondary N) is 4. The molecule has 0 spiro atoms. The number of likely N-dealkylation sites (tertiary alicyclic amines) is 1. The number of aryl methyl sites for hydroxylation is 2. The van der Waals surface area contributed by atoms with Crippen molar-refractivity contribution in [3.05, 3.63) is 33.5 Å². The molecule has 9 nitrogen and oxygen atoms in total. The zero-order valence-electron chi connectivity index (χ0n) is 14.8. The van der Waals surface area contributed by atoms with Crippen molar-refractivity contribution < 1.29 is 4.79 Å². The van der Waals surface area contributed by atoms with Gasteiger partial charge >= 0.3 is 5.69 Å². The van der Waals surface area contributed by atoms with E-state index in [1.54, 1.807) is 0 Å². The van der Waals surface area contributed by atoms with E-state index in [1.807, 2.05) is 14.0 Å². The minimum absolute atomic E-state index is 0.0210. The molecule has 0 radical (unpaired) electrons. The Morgan fingerprint density at radius 2 is 2.12 bits per heavy atom. The fraction of sp³-hybridized carbons (Fsp3) is 0.625. The van der Waals surface area contributed by atoms with Gasteiger partial charge < -0.3 is 15.2 Å². The number of carbonyl (C=O) groups is 1. The first-order valence-electron chi connectivity index (χ1n) is 8.63. The molecule has 4 N–H and O–H groups in total. The summed E-state index contributed by atoms with van der Waals surface area (Å²) in [7, 11) is 2.03. The van der Waals surface area contributed by atoms with Crippen molar-refractivity contribution in [1.82, 2.24) is 35.4 Å². The van der Waals surface area contributed by atoms with E-state index in [-0.39, 0.29) is 23.4 Å². The van der Waals surface area contributed by atoms with E-state index in [0.29, 0.717) is 25.3 Å². The second-order valence-electron chi connectivity index (χ2n) is 6.65. The van der Waals surface area contributed by atoms with Crippen LogP contribution < -0.4 is 11.0 Å². The van der Waals surface area contributed by atoms with Crippen molar-refractivity contribution in [3.63, 3.8) is 0 Å². The molecule has 2 aromatic rings. The average Bonchev–Trinajstić information content (AvgIpc) is 3.26. The van der Waals surface area contributed by atoms with Gasteiger partial charge in [-0.1, -0.05) is 6.92 Å². The topological polar surface area (TPSA) is 123 Å². The number of hydrogen-bond donors (Lipinski definition) is 4. The monoisotopic (exact) mass is 347 g/mol. The molecule has 25 heavy (non-hydrogen) atoms. The van der Waals surface area contributed by atoms with Gasteiger partial charge in [0, 0.05) is 44.1 Å². The lowest BCUT2D eigenvalue weighted by atomic mass is 9.91. The predicted molar refractivity (Wildman–Crippen MR) is 92.4 cm³/mol. The van der Waals surface area contributed by atoms with Gasteiger partial charge in [0.25, 0.3) is 0 Å². The number of nitrogens with zero attached hydrogens (tertiary/aromatic N) is 3. The maximum atomic E-state index is 12.7. The first kappa shape index (κ1) is 17.4. The summed E-state index contributed by atoms with van der Waals surface area (Å²) >= 11 is 0. The molecule has 0 saturated carbocycles. The van der Waals surface area contributed by atoms with Gasteiger partial charge in [0.15, 0.2) is 0 Å². The Balaban J connectivity index is 1.65. The number of hydrogen-bond acceptors (Lipinski definition) is 5. The van der Waals surface area contributed by atoms with Crippen LogP contribution in [0, 0.1) is 12.8 Å². The normalized spacial score (nSPS) is 20.9. The highest BCUT2D eigenvalue weighted by molar-refractivity contribution is 5.80. The van der Waals surface area contributed by atoms with Crippen LogP contribution in [0.5, 0.6) is 0 Å². The first-order valence-corrected chi connectivity index (χ1v) is 8.63. The summed E-state index contributed by atoms with van der Waals surface area (Å²) < 4.78 is 0. The van der Waals surface area contributed by atoms with Crippen LogP contribution in [0.2, 0.25) is 0 Å². The van der Waals surface area contributed by atoms with Crippen LogP contribution in [0.15, 0.2) is 4.79 Å². The largest absolute Gasteiger partial charge is 0.355 e. The van der Waals surface area contributed by atoms with Gasteiger partial charge in [-0.25, -0.2) is 14.9 Å². The zero-order valence-corrected chi connectivity index (χ0v) is 14.8. The lowest BCUT2D eigenvalue weighted by Crippen LogP contribution is -2.36. The number of H-pyrrole nitrogens is 3. The molecule has 1 amide bonds. The van der Waals surface area contributed by atoms with E-state index in [0.717, 1.165) is 30.2 Å². The maximum absolute atomic E-state index is 12.7. The summed E-state index contributed by atoms with van der Waals surface area (Å²) in [4.78, 5) is 36.4. The van der Waals surface area contributed by atoms with E-state index in [9.17, 15) is 9.59 Å². The quantitative estimate of drug-likeness (QED) is 0.571. The highest BCUT2D eigenvalue weighted by atomic mass is 16.2. The summed E-state index contributed by atoms with van der Waals surface area (Å²) in [6, 6.07) is 0. The summed E-state index contributed by atoms with van der Waals surface area (Å²) in [5.41, 5.74) is 1.71. The molecule has 9 heteroatoms. The maximum Gasteiger partial charge on any atom is 0.340 e. The number of carbonyl (C=O) groups excluding carboxylic acids is 1. The molecule has 0 aromatic carbocycles. The molecule has 2 atom stereocenters. The molecule has 136 valence electrons. The minimum atomic E-state index is -0.334. The Labute approximate surface area is 145 Å². The molecule has 2 aromatic heterocycles. The van der Waals surface area contributed by atoms with Crippen LogP contribution in [0.3, 0.4) is 0 Å². The van der Waals surface area contributed by atoms with Crippen LogP contribution >= 0.6 is 0 Å². The molecule has 1 aliphatic heterocycles. The number of rotatable bonds is 6. The third kappa shape index (κ3) is 3.81. The minimum Gasteiger partial charge on any atom is -0.355 e. The van der Waals surface area contributed by atoms with Gasteiger partial charge in [-0.2, -0.15) is 5.10 Å². The molecule has 0 aliphatic carbocycles. The Bertz CT molecular complexity index is 791. The fourth-order valence-electron chi connectivity index (χ4n) is 3.47. The standard InChI is InChI=1S/C16H25N7O2/c1-4-12-18-9(2)14(19-12)10-7-23(3)8-11(10)15(24)17-6-5-13-20-16(25)22-21-13/h10-11H,4-8H2,1-3H3,(H,17,24)(H,18,19)(H2,20,21,22,25)/t10-,11-/m0/s1. The van der Waals surface area contributed by atoms with Crippen molar-refractivity contribution in [2.75, 3.05) is 26.7 Å². The number of amides is 1. The molecule has 1 fully saturated rings. The van der Waals surface area contributed by atoms with Crippen LogP contribution in [0.4, 0.5) is 0 Å². The third-order valence-corrected chi connectivity index (χ3v) is 4.71. The molecule has 3 rings (SSSR count). The van der Waals surface area contributed by atoms with Gasteiger partial charge in [-0.3, -0.25) is 9.78 Å². The van der Waals surface area contributed by atoms with Crippen LogP contribution in [-0.4, -0.2) is 62.6 Å². The number of aromatic nitrogens is 5. The summed E-state index contributed by atoms with van der Waals surface area (Å²) in [5, 5.41) is 9.12. The molecule has 0 bridgehead atoms. The third-order valence-electron chi connectivity index (χ3n) is 4.71. The van der Waals surface area contributed by atoms with E-state index >= 15 is 0 Å². The lowest BCUT2D eigenvalue weighted by molar-refractivity contribution is -0.124. The van der Waals surface area contributed by atoms with Gasteiger partial charge in [-0.05, 0) is 14.0 Å². The summed E-state index contributed by atoms with van der Waals surface area (Å²) in [5.74, 6) is 1.49. The van der Waals surface area contributed by atoms with Gasteiger partial charge in [0.2, 0.25) is 5.91 Å². The second kappa shape index (κ2) is 7.22. The Morgan fingerprint density at radius 1 is 1.32 bits per heavy atom. The molecule has 3 heterocycles. The summed E-state index contributed by atoms with van der Waals surface area (Å²) in [6.45, 7) is 6.05. The van der Waals surface area contributed by atoms with E-state index in [4.69, 9.17) is 4.98 Å². The predicted octanol–water partition coefficient (Wildman–Crippen LogP) is -0.304. The van der Waals surface area contributed by atoms with E-state index in [1.165, 1.54) is 0 Å². The summed E-state index contributed by atoms with van der Waals surface area (Å²) in [6.07, 6.45) is 1.33. The first-order chi connectivity index (χ1) is 12.0. The molecule has 1 saturated heterocycles. The molecular formula is C16H25N7O2. The smallest absolute Gasteiger partial charge is 0.340 e. The SMILES string of the molecule is CCc1nc([C@H]2CN(C)C[C@@H]2C(=O)NCCc2n[nH]c(=O)[nH]2)c(C)[nH]1. The fourth-order valence-corrected chi connectivity index (χ4v) is 3.47. The van der Waals surface area contributed by atoms with Crippen molar-refractivity contribution in [2.24, 2.45) is 5.92 Å². The van der Waals surface area contributed by atoms with Crippen molar-refractivity contribution >= 4 is 5.91 Å². The van der Waals surface area contributed by atoms with E-state index < -0.39 is 0 Å². The number of aromatic amines is 3. The second-order valence-corrected chi connectivity index (χ2v) is 6.65. The van der Waals surface area contributed by atoms with Gasteiger partial charge in [-0.15, -0.1) is 0 Å². The Hall–Kier alpha value is -2.42. The Morgan fingerprint density at radius 3 is 2.76 bits per heavy atom. The Kier molecular flexibility index (Phi) is 5.03. The van der Waals surface area contributed by atoms with Crippen LogP contribution in [0.1, 0.15) is 35.9 Å². The number of likely N-dealkylation sites (N-methyl/N-ethyl adjacent to an activating group) is 1. The van der Waals surface area contributed by atoms with Crippen molar-refractivity contribution in [3.8, 4) is 0 Å². The van der Waals surface area contributed by atoms with E-state index in [2.05, 4.69) is 37.3 Å². The van der Waals surface area contributed by atoms with Gasteiger partial charge in [0.05, 0.1) is 11.6 Å². The zero-order chi connectivity index (χ0) is 18.0. The lowest BCUT2D eigenvalue weighted by Gasteiger charge is -2.17. The molecular weight excluding hydrogens is 322 g/mol. The highest BCUT2D eigenvalue weighted by Crippen LogP contribution is 2.32. The van der Waals surface area contributed by atoms with Crippen LogP contribution in [-0.2, 0) is 17.6 Å². The number of imidazole rings is 1. The van der Waals surface area contributed by atoms with Gasteiger partial charge in [0.1, 0.15) is 11.6 Å². The molecule has 1 aliphatic rings. The van der Waals surface area contributed by atoms with Crippen LogP contribution in [0.25, 0.3) is 0 Å². The van der Waals surface area contributed by atoms with Crippen molar-refractivity contribution in [2.45, 2.75) is 32.6 Å².